The Bertz CT molecular complexity index is 929. The topological polar surface area (TPSA) is 90.9 Å². The molecule has 8 heteroatoms. The Morgan fingerprint density at radius 2 is 1.97 bits per heavy atom. The van der Waals surface area contributed by atoms with Crippen molar-refractivity contribution in [2.45, 2.75) is 13.3 Å². The maximum Gasteiger partial charge on any atom is 0.340 e. The highest BCUT2D eigenvalue weighted by Crippen LogP contribution is 2.30. The third kappa shape index (κ3) is 5.26. The number of hydrogen-bond acceptors (Lipinski definition) is 6. The predicted molar refractivity (Wildman–Crippen MR) is 106 cm³/mol. The number of carbonyl (C=O) groups is 3. The molecule has 3 rings (SSSR count). The van der Waals surface area contributed by atoms with Crippen LogP contribution in [-0.2, 0) is 25.5 Å². The van der Waals surface area contributed by atoms with Crippen LogP contribution in [-0.4, -0.2) is 37.7 Å². The lowest BCUT2D eigenvalue weighted by molar-refractivity contribution is -0.152. The maximum absolute atomic E-state index is 12.3. The molecular weight excluding hydrogens is 398 g/mol. The van der Waals surface area contributed by atoms with Crippen molar-refractivity contribution in [3.05, 3.63) is 58.6 Å². The summed E-state index contributed by atoms with van der Waals surface area (Å²) in [4.78, 5) is 36.5. The number of fused-ring (bicyclic) bond motifs is 1. The fourth-order valence-electron chi connectivity index (χ4n) is 2.93. The molecule has 1 aliphatic heterocycles. The van der Waals surface area contributed by atoms with Crippen LogP contribution >= 0.6 is 11.6 Å². The van der Waals surface area contributed by atoms with E-state index in [1.807, 2.05) is 0 Å². The van der Waals surface area contributed by atoms with E-state index in [0.29, 0.717) is 17.2 Å². The van der Waals surface area contributed by atoms with E-state index in [1.54, 1.807) is 49.4 Å². The van der Waals surface area contributed by atoms with Gasteiger partial charge in [-0.3, -0.25) is 9.59 Å². The average Bonchev–Trinajstić information content (AvgIpc) is 2.72. The Morgan fingerprint density at radius 1 is 1.17 bits per heavy atom. The predicted octanol–water partition coefficient (Wildman–Crippen LogP) is 3.25. The van der Waals surface area contributed by atoms with E-state index in [4.69, 9.17) is 25.8 Å². The molecule has 0 aliphatic carbocycles. The second-order valence-electron chi connectivity index (χ2n) is 6.39. The Balaban J connectivity index is 1.55. The summed E-state index contributed by atoms with van der Waals surface area (Å²) < 4.78 is 15.7. The van der Waals surface area contributed by atoms with Crippen molar-refractivity contribution >= 4 is 35.1 Å². The van der Waals surface area contributed by atoms with Gasteiger partial charge in [0.05, 0.1) is 23.8 Å². The van der Waals surface area contributed by atoms with Gasteiger partial charge in [-0.25, -0.2) is 4.79 Å². The molecule has 2 aromatic rings. The number of esters is 2. The first-order chi connectivity index (χ1) is 14.0. The zero-order valence-corrected chi connectivity index (χ0v) is 16.5. The monoisotopic (exact) mass is 417 g/mol. The molecule has 2 aromatic carbocycles. The quantitative estimate of drug-likeness (QED) is 0.725. The lowest BCUT2D eigenvalue weighted by atomic mass is 9.97. The molecule has 0 bridgehead atoms. The highest BCUT2D eigenvalue weighted by atomic mass is 35.5. The van der Waals surface area contributed by atoms with E-state index in [1.165, 1.54) is 0 Å². The van der Waals surface area contributed by atoms with Gasteiger partial charge in [-0.15, -0.1) is 0 Å². The van der Waals surface area contributed by atoms with Gasteiger partial charge < -0.3 is 19.5 Å². The molecule has 29 heavy (non-hydrogen) atoms. The van der Waals surface area contributed by atoms with Gasteiger partial charge in [0.2, 0.25) is 0 Å². The van der Waals surface area contributed by atoms with Crippen LogP contribution in [0.4, 0.5) is 5.69 Å². The van der Waals surface area contributed by atoms with Gasteiger partial charge in [0, 0.05) is 5.02 Å². The third-order valence-corrected chi connectivity index (χ3v) is 4.54. The first kappa shape index (κ1) is 20.7. The molecule has 0 saturated carbocycles. The molecular formula is C21H20ClNO6. The van der Waals surface area contributed by atoms with Crippen molar-refractivity contribution in [3.63, 3.8) is 0 Å². The number of nitrogens with one attached hydrogen (secondary N) is 1. The molecule has 7 nitrogen and oxygen atoms in total. The molecule has 0 aromatic heterocycles. The van der Waals surface area contributed by atoms with E-state index >= 15 is 0 Å². The molecule has 152 valence electrons. The van der Waals surface area contributed by atoms with Gasteiger partial charge >= 0.3 is 11.9 Å². The van der Waals surface area contributed by atoms with E-state index in [9.17, 15) is 14.4 Å². The Morgan fingerprint density at radius 3 is 2.76 bits per heavy atom. The Kier molecular flexibility index (Phi) is 6.72. The van der Waals surface area contributed by atoms with Gasteiger partial charge in [-0.05, 0) is 49.2 Å². The van der Waals surface area contributed by atoms with Crippen molar-refractivity contribution in [3.8, 4) is 5.75 Å². The molecule has 0 saturated heterocycles. The van der Waals surface area contributed by atoms with Gasteiger partial charge in [-0.1, -0.05) is 23.7 Å². The fourth-order valence-corrected chi connectivity index (χ4v) is 3.13. The van der Waals surface area contributed by atoms with Crippen LogP contribution in [0, 0.1) is 5.92 Å². The SMILES string of the molecule is CCOC(=O)c1ccccc1NC(=O)COC(=O)[C@H]1COc2ccc(Cl)cc2C1. The number of hydrogen-bond donors (Lipinski definition) is 1. The number of halogens is 1. The number of carbonyl (C=O) groups excluding carboxylic acids is 3. The minimum absolute atomic E-state index is 0.167. The summed E-state index contributed by atoms with van der Waals surface area (Å²) in [6, 6.07) is 11.7. The molecule has 1 heterocycles. The average molecular weight is 418 g/mol. The zero-order chi connectivity index (χ0) is 20.8. The van der Waals surface area contributed by atoms with Crippen molar-refractivity contribution in [2.75, 3.05) is 25.1 Å². The van der Waals surface area contributed by atoms with Crippen LogP contribution in [0.1, 0.15) is 22.8 Å². The first-order valence-electron chi connectivity index (χ1n) is 9.11. The maximum atomic E-state index is 12.3. The number of benzene rings is 2. The number of amides is 1. The summed E-state index contributed by atoms with van der Waals surface area (Å²) in [7, 11) is 0. The fraction of sp³-hybridized carbons (Fsp3) is 0.286. The molecule has 0 fully saturated rings. The standard InChI is InChI=1S/C21H20ClNO6/c1-2-27-21(26)16-5-3-4-6-17(16)23-19(24)12-29-20(25)14-9-13-10-15(22)7-8-18(13)28-11-14/h3-8,10,14H,2,9,11-12H2,1H3,(H,23,24)/t14-/m1/s1. The highest BCUT2D eigenvalue weighted by molar-refractivity contribution is 6.30. The van der Waals surface area contributed by atoms with E-state index < -0.39 is 30.4 Å². The second-order valence-corrected chi connectivity index (χ2v) is 6.82. The lowest BCUT2D eigenvalue weighted by Crippen LogP contribution is -2.32. The van der Waals surface area contributed by atoms with Gasteiger partial charge in [-0.2, -0.15) is 0 Å². The normalized spacial score (nSPS) is 14.9. The zero-order valence-electron chi connectivity index (χ0n) is 15.8. The summed E-state index contributed by atoms with van der Waals surface area (Å²) in [5.41, 5.74) is 1.33. The second kappa shape index (κ2) is 9.43. The van der Waals surface area contributed by atoms with Crippen LogP contribution in [0.3, 0.4) is 0 Å². The lowest BCUT2D eigenvalue weighted by Gasteiger charge is -2.24. The van der Waals surface area contributed by atoms with Crippen LogP contribution in [0.5, 0.6) is 5.75 Å². The Labute approximate surface area is 172 Å². The first-order valence-corrected chi connectivity index (χ1v) is 9.49. The van der Waals surface area contributed by atoms with Crippen LogP contribution < -0.4 is 10.1 Å². The van der Waals surface area contributed by atoms with E-state index in [0.717, 1.165) is 5.56 Å². The molecule has 1 atom stereocenters. The van der Waals surface area contributed by atoms with Gasteiger partial charge in [0.25, 0.3) is 5.91 Å². The third-order valence-electron chi connectivity index (χ3n) is 4.30. The van der Waals surface area contributed by atoms with Crippen molar-refractivity contribution < 1.29 is 28.6 Å². The number of rotatable bonds is 6. The number of ether oxygens (including phenoxy) is 3. The summed E-state index contributed by atoms with van der Waals surface area (Å²) in [5.74, 6) is -1.48. The molecule has 0 unspecified atom stereocenters. The van der Waals surface area contributed by atoms with Gasteiger partial charge in [0.1, 0.15) is 12.4 Å². The summed E-state index contributed by atoms with van der Waals surface area (Å²) in [5, 5.41) is 3.12. The van der Waals surface area contributed by atoms with Crippen molar-refractivity contribution in [1.29, 1.82) is 0 Å². The van der Waals surface area contributed by atoms with Crippen molar-refractivity contribution in [2.24, 2.45) is 5.92 Å². The summed E-state index contributed by atoms with van der Waals surface area (Å²) in [6.07, 6.45) is 0.419. The molecule has 0 radical (unpaired) electrons. The molecule has 1 aliphatic rings. The largest absolute Gasteiger partial charge is 0.492 e. The summed E-state index contributed by atoms with van der Waals surface area (Å²) in [6.45, 7) is 1.60. The minimum atomic E-state index is -0.560. The van der Waals surface area contributed by atoms with Crippen LogP contribution in [0.15, 0.2) is 42.5 Å². The number of para-hydroxylation sites is 1. The smallest absolute Gasteiger partial charge is 0.340 e. The molecule has 1 amide bonds. The van der Waals surface area contributed by atoms with E-state index in [2.05, 4.69) is 5.32 Å². The van der Waals surface area contributed by atoms with Gasteiger partial charge in [0.15, 0.2) is 6.61 Å². The highest BCUT2D eigenvalue weighted by Gasteiger charge is 2.28. The Hall–Kier alpha value is -3.06. The minimum Gasteiger partial charge on any atom is -0.492 e. The van der Waals surface area contributed by atoms with Crippen LogP contribution in [0.25, 0.3) is 0 Å². The van der Waals surface area contributed by atoms with Crippen molar-refractivity contribution in [1.82, 2.24) is 0 Å². The summed E-state index contributed by atoms with van der Waals surface area (Å²) >= 11 is 5.98. The van der Waals surface area contributed by atoms with Crippen LogP contribution in [0.2, 0.25) is 5.02 Å². The number of anilines is 1. The molecule has 1 N–H and O–H groups in total. The molecule has 0 spiro atoms. The van der Waals surface area contributed by atoms with E-state index in [-0.39, 0.29) is 24.5 Å².